The normalized spacial score (nSPS) is 17.0. The number of nitrogens with one attached hydrogen (secondary N) is 3. The Balaban J connectivity index is 1.47. The zero-order valence-corrected chi connectivity index (χ0v) is 16.1. The molecule has 0 saturated carbocycles. The summed E-state index contributed by atoms with van der Waals surface area (Å²) in [7, 11) is 0. The van der Waals surface area contributed by atoms with Gasteiger partial charge < -0.3 is 20.9 Å². The Morgan fingerprint density at radius 3 is 2.48 bits per heavy atom. The first-order chi connectivity index (χ1) is 14.1. The number of anilines is 2. The van der Waals surface area contributed by atoms with E-state index in [4.69, 9.17) is 0 Å². The molecule has 0 aliphatic carbocycles. The Hall–Kier alpha value is -2.77. The number of nitrogens with zero attached hydrogens (tertiary/aromatic N) is 1. The Morgan fingerprint density at radius 1 is 0.966 bits per heavy atom. The van der Waals surface area contributed by atoms with Gasteiger partial charge >= 0.3 is 0 Å². The topological polar surface area (TPSA) is 56.4 Å². The van der Waals surface area contributed by atoms with Crippen molar-refractivity contribution in [2.24, 2.45) is 0 Å². The van der Waals surface area contributed by atoms with E-state index in [-0.39, 0.29) is 11.4 Å². The summed E-state index contributed by atoms with van der Waals surface area (Å²) >= 11 is 0. The predicted molar refractivity (Wildman–Crippen MR) is 111 cm³/mol. The highest BCUT2D eigenvalue weighted by Gasteiger charge is 2.17. The van der Waals surface area contributed by atoms with Crippen LogP contribution in [0.2, 0.25) is 0 Å². The minimum absolute atomic E-state index is 0.201. The predicted octanol–water partition coefficient (Wildman–Crippen LogP) is 3.00. The third kappa shape index (κ3) is 4.46. The summed E-state index contributed by atoms with van der Waals surface area (Å²) < 4.78 is 29.1. The quantitative estimate of drug-likeness (QED) is 0.741. The molecule has 0 radical (unpaired) electrons. The van der Waals surface area contributed by atoms with Crippen LogP contribution >= 0.6 is 0 Å². The number of halogens is 2. The first-order valence-corrected chi connectivity index (χ1v) is 9.88. The molecule has 1 fully saturated rings. The van der Waals surface area contributed by atoms with Gasteiger partial charge in [0, 0.05) is 49.5 Å². The van der Waals surface area contributed by atoms with Crippen molar-refractivity contribution < 1.29 is 13.6 Å². The minimum Gasteiger partial charge on any atom is -0.367 e. The summed E-state index contributed by atoms with van der Waals surface area (Å²) in [4.78, 5) is 14.5. The monoisotopic (exact) mass is 398 g/mol. The molecule has 2 heterocycles. The van der Waals surface area contributed by atoms with Crippen LogP contribution in [0, 0.1) is 11.6 Å². The molecule has 2 aliphatic heterocycles. The standard InChI is InChI=1S/C22H24F2N4O/c23-19-14-17(2-3-18(19)15-5-7-25-8-6-15)27-22(29)16-1-4-21(20(24)13-16)28-11-9-26-10-12-28/h1-5,13-14,25-26H,6-12H2,(H,27,29). The molecule has 0 unspecified atom stereocenters. The van der Waals surface area contributed by atoms with E-state index in [2.05, 4.69) is 16.0 Å². The molecule has 2 aliphatic rings. The second-order valence-electron chi connectivity index (χ2n) is 7.24. The highest BCUT2D eigenvalue weighted by Crippen LogP contribution is 2.26. The second-order valence-corrected chi connectivity index (χ2v) is 7.24. The lowest BCUT2D eigenvalue weighted by Crippen LogP contribution is -2.43. The van der Waals surface area contributed by atoms with E-state index in [9.17, 15) is 13.6 Å². The van der Waals surface area contributed by atoms with Crippen molar-refractivity contribution in [1.82, 2.24) is 10.6 Å². The van der Waals surface area contributed by atoms with Gasteiger partial charge in [-0.3, -0.25) is 4.79 Å². The summed E-state index contributed by atoms with van der Waals surface area (Å²) in [5.41, 5.74) is 2.55. The maximum Gasteiger partial charge on any atom is 0.255 e. The Kier molecular flexibility index (Phi) is 5.87. The van der Waals surface area contributed by atoms with E-state index in [1.165, 1.54) is 12.1 Å². The van der Waals surface area contributed by atoms with Crippen LogP contribution in [0.4, 0.5) is 20.2 Å². The molecule has 0 atom stereocenters. The van der Waals surface area contributed by atoms with E-state index in [1.807, 2.05) is 11.0 Å². The molecule has 2 aromatic carbocycles. The molecule has 4 rings (SSSR count). The zero-order chi connectivity index (χ0) is 20.2. The third-order valence-electron chi connectivity index (χ3n) is 5.30. The number of rotatable bonds is 4. The molecule has 1 saturated heterocycles. The zero-order valence-electron chi connectivity index (χ0n) is 16.1. The largest absolute Gasteiger partial charge is 0.367 e. The van der Waals surface area contributed by atoms with Gasteiger partial charge in [0.2, 0.25) is 0 Å². The van der Waals surface area contributed by atoms with Gasteiger partial charge in [-0.25, -0.2) is 8.78 Å². The van der Waals surface area contributed by atoms with Gasteiger partial charge in [0.25, 0.3) is 5.91 Å². The fourth-order valence-electron chi connectivity index (χ4n) is 3.73. The maximum absolute atomic E-state index is 14.5. The molecule has 2 aromatic rings. The minimum atomic E-state index is -0.469. The van der Waals surface area contributed by atoms with Crippen LogP contribution < -0.4 is 20.9 Å². The molecule has 5 nitrogen and oxygen atoms in total. The van der Waals surface area contributed by atoms with Crippen molar-refractivity contribution in [1.29, 1.82) is 0 Å². The van der Waals surface area contributed by atoms with E-state index >= 15 is 0 Å². The molecule has 1 amide bonds. The highest BCUT2D eigenvalue weighted by atomic mass is 19.1. The van der Waals surface area contributed by atoms with E-state index < -0.39 is 11.7 Å². The Labute approximate surface area is 168 Å². The van der Waals surface area contributed by atoms with Crippen molar-refractivity contribution >= 4 is 22.9 Å². The number of hydrogen-bond donors (Lipinski definition) is 3. The lowest BCUT2D eigenvalue weighted by atomic mass is 9.99. The summed E-state index contributed by atoms with van der Waals surface area (Å²) in [6, 6.07) is 9.11. The number of benzene rings is 2. The van der Waals surface area contributed by atoms with Crippen molar-refractivity contribution in [3.05, 3.63) is 65.2 Å². The van der Waals surface area contributed by atoms with Crippen molar-refractivity contribution in [3.63, 3.8) is 0 Å². The van der Waals surface area contributed by atoms with Crippen molar-refractivity contribution in [3.8, 4) is 0 Å². The van der Waals surface area contributed by atoms with Crippen LogP contribution in [0.25, 0.3) is 5.57 Å². The Bertz CT molecular complexity index is 938. The van der Waals surface area contributed by atoms with Gasteiger partial charge in [-0.05, 0) is 54.9 Å². The lowest BCUT2D eigenvalue weighted by Gasteiger charge is -2.29. The fraction of sp³-hybridized carbons (Fsp3) is 0.318. The number of carbonyl (C=O) groups is 1. The molecule has 152 valence electrons. The number of piperazine rings is 1. The van der Waals surface area contributed by atoms with Crippen molar-refractivity contribution in [2.75, 3.05) is 49.5 Å². The van der Waals surface area contributed by atoms with Gasteiger partial charge in [0.15, 0.2) is 0 Å². The van der Waals surface area contributed by atoms with E-state index in [1.54, 1.807) is 24.3 Å². The molecule has 7 heteroatoms. The molecule has 0 bridgehead atoms. The van der Waals surface area contributed by atoms with Gasteiger partial charge in [0.1, 0.15) is 11.6 Å². The fourth-order valence-corrected chi connectivity index (χ4v) is 3.73. The van der Waals surface area contributed by atoms with E-state index in [0.29, 0.717) is 16.9 Å². The molecular formula is C22H24F2N4O. The van der Waals surface area contributed by atoms with E-state index in [0.717, 1.165) is 51.3 Å². The third-order valence-corrected chi connectivity index (χ3v) is 5.30. The summed E-state index contributed by atoms with van der Waals surface area (Å²) in [5.74, 6) is -1.28. The van der Waals surface area contributed by atoms with Gasteiger partial charge in [-0.15, -0.1) is 0 Å². The molecule has 3 N–H and O–H groups in total. The average Bonchev–Trinajstić information content (AvgIpc) is 2.75. The second kappa shape index (κ2) is 8.71. The number of amides is 1. The van der Waals surface area contributed by atoms with Crippen molar-refractivity contribution in [2.45, 2.75) is 6.42 Å². The van der Waals surface area contributed by atoms with Crippen LogP contribution in [0.15, 0.2) is 42.5 Å². The molecule has 0 aromatic heterocycles. The molecular weight excluding hydrogens is 374 g/mol. The van der Waals surface area contributed by atoms with Gasteiger partial charge in [-0.1, -0.05) is 6.08 Å². The highest BCUT2D eigenvalue weighted by molar-refractivity contribution is 6.04. The lowest BCUT2D eigenvalue weighted by molar-refractivity contribution is 0.102. The van der Waals surface area contributed by atoms with Crippen LogP contribution in [-0.2, 0) is 0 Å². The summed E-state index contributed by atoms with van der Waals surface area (Å²) in [6.45, 7) is 4.59. The molecule has 0 spiro atoms. The van der Waals surface area contributed by atoms with Gasteiger partial charge in [-0.2, -0.15) is 0 Å². The first-order valence-electron chi connectivity index (χ1n) is 9.88. The number of carbonyl (C=O) groups excluding carboxylic acids is 1. The first kappa shape index (κ1) is 19.5. The Morgan fingerprint density at radius 2 is 1.79 bits per heavy atom. The summed E-state index contributed by atoms with van der Waals surface area (Å²) in [6.07, 6.45) is 2.74. The summed E-state index contributed by atoms with van der Waals surface area (Å²) in [5, 5.41) is 9.08. The SMILES string of the molecule is O=C(Nc1ccc(C2=CCNCC2)c(F)c1)c1ccc(N2CCNCC2)c(F)c1. The number of hydrogen-bond acceptors (Lipinski definition) is 4. The molecule has 29 heavy (non-hydrogen) atoms. The van der Waals surface area contributed by atoms with Gasteiger partial charge in [0.05, 0.1) is 5.69 Å². The van der Waals surface area contributed by atoms with Crippen LogP contribution in [0.1, 0.15) is 22.3 Å². The van der Waals surface area contributed by atoms with Crippen LogP contribution in [0.3, 0.4) is 0 Å². The van der Waals surface area contributed by atoms with Crippen LogP contribution in [0.5, 0.6) is 0 Å². The average molecular weight is 398 g/mol. The maximum atomic E-state index is 14.5. The van der Waals surface area contributed by atoms with Crippen LogP contribution in [-0.4, -0.2) is 45.2 Å². The smallest absolute Gasteiger partial charge is 0.255 e.